The molecule has 2 fully saturated rings. The molecule has 0 bridgehead atoms. The molecule has 0 aliphatic carbocycles. The summed E-state index contributed by atoms with van der Waals surface area (Å²) in [5, 5.41) is 10.2. The number of nitrogens with one attached hydrogen (secondary N) is 3. The van der Waals surface area contributed by atoms with Gasteiger partial charge in [-0.25, -0.2) is 4.79 Å². The third kappa shape index (κ3) is 5.38. The number of benzene rings is 1. The molecule has 4 heterocycles. The van der Waals surface area contributed by atoms with Crippen LogP contribution in [0.5, 0.6) is 11.5 Å². The second kappa shape index (κ2) is 10.2. The molecule has 5 N–H and O–H groups in total. The second-order valence-corrected chi connectivity index (χ2v) is 9.42. The van der Waals surface area contributed by atoms with Crippen LogP contribution in [-0.4, -0.2) is 59.8 Å². The summed E-state index contributed by atoms with van der Waals surface area (Å²) in [4.78, 5) is 19.5. The van der Waals surface area contributed by atoms with Gasteiger partial charge in [0.05, 0.1) is 11.9 Å². The first kappa shape index (κ1) is 22.3. The lowest BCUT2D eigenvalue weighted by molar-refractivity contribution is 0.209. The van der Waals surface area contributed by atoms with Crippen molar-refractivity contribution in [2.45, 2.75) is 50.7 Å². The van der Waals surface area contributed by atoms with Crippen LogP contribution >= 0.6 is 0 Å². The van der Waals surface area contributed by atoms with Crippen LogP contribution in [0, 0.1) is 0 Å². The number of fused-ring (bicyclic) bond motifs is 2. The van der Waals surface area contributed by atoms with Crippen LogP contribution in [0.15, 0.2) is 29.2 Å². The zero-order valence-corrected chi connectivity index (χ0v) is 19.2. The van der Waals surface area contributed by atoms with Crippen LogP contribution < -0.4 is 32.1 Å². The van der Waals surface area contributed by atoms with Gasteiger partial charge in [-0.2, -0.15) is 4.98 Å². The molecule has 0 saturated carbocycles. The Labute approximate surface area is 194 Å². The summed E-state index contributed by atoms with van der Waals surface area (Å²) >= 11 is 0. The fourth-order valence-corrected chi connectivity index (χ4v) is 5.04. The van der Waals surface area contributed by atoms with Gasteiger partial charge >= 0.3 is 5.69 Å². The van der Waals surface area contributed by atoms with Crippen LogP contribution in [0.1, 0.15) is 43.7 Å². The maximum absolute atomic E-state index is 12.7. The number of nitrogens with zero attached hydrogens (tertiary/aromatic N) is 3. The third-order valence-electron chi connectivity index (χ3n) is 6.85. The molecule has 178 valence electrons. The number of piperidine rings is 1. The summed E-state index contributed by atoms with van der Waals surface area (Å²) in [5.74, 6) is 1.84. The highest BCUT2D eigenvalue weighted by atomic mass is 16.5. The Hall–Kier alpha value is -2.46. The van der Waals surface area contributed by atoms with Crippen molar-refractivity contribution in [1.29, 1.82) is 0 Å². The summed E-state index contributed by atoms with van der Waals surface area (Å²) in [6.07, 6.45) is 7.09. The summed E-state index contributed by atoms with van der Waals surface area (Å²) in [6, 6.07) is 6.60. The molecule has 3 aliphatic heterocycles. The predicted octanol–water partition coefficient (Wildman–Crippen LogP) is 1.92. The Morgan fingerprint density at radius 2 is 2.12 bits per heavy atom. The number of rotatable bonds is 6. The smallest absolute Gasteiger partial charge is 0.350 e. The van der Waals surface area contributed by atoms with E-state index in [2.05, 4.69) is 38.0 Å². The molecule has 1 unspecified atom stereocenters. The predicted molar refractivity (Wildman–Crippen MR) is 129 cm³/mol. The first-order valence-corrected chi connectivity index (χ1v) is 12.3. The molecule has 0 spiro atoms. The average molecular weight is 454 g/mol. The van der Waals surface area contributed by atoms with Crippen molar-refractivity contribution >= 4 is 11.5 Å². The lowest BCUT2D eigenvalue weighted by Gasteiger charge is -2.30. The van der Waals surface area contributed by atoms with Gasteiger partial charge in [-0.3, -0.25) is 4.57 Å². The number of hydrogen-bond donors (Lipinski definition) is 4. The van der Waals surface area contributed by atoms with Gasteiger partial charge < -0.3 is 31.3 Å². The van der Waals surface area contributed by atoms with E-state index in [-0.39, 0.29) is 11.7 Å². The number of ether oxygens (including phenoxy) is 1. The van der Waals surface area contributed by atoms with E-state index in [9.17, 15) is 4.79 Å². The Bertz CT molecular complexity index is 1020. The molecule has 3 aliphatic rings. The molecule has 9 heteroatoms. The summed E-state index contributed by atoms with van der Waals surface area (Å²) in [6.45, 7) is 6.76. The quantitative estimate of drug-likeness (QED) is 0.419. The van der Waals surface area contributed by atoms with E-state index in [0.717, 1.165) is 88.5 Å². The number of anilines is 2. The molecular weight excluding hydrogens is 418 g/mol. The monoisotopic (exact) mass is 453 g/mol. The van der Waals surface area contributed by atoms with Crippen LogP contribution in [0.3, 0.4) is 0 Å². The van der Waals surface area contributed by atoms with Gasteiger partial charge in [0.15, 0.2) is 17.3 Å². The molecule has 0 radical (unpaired) electrons. The number of nitrogens with two attached hydrogens (primary N) is 1. The van der Waals surface area contributed by atoms with Crippen molar-refractivity contribution in [3.63, 3.8) is 0 Å². The topological polar surface area (TPSA) is 109 Å². The number of hydrogen-bond acceptors (Lipinski definition) is 8. The molecule has 1 aromatic heterocycles. The first-order valence-electron chi connectivity index (χ1n) is 12.3. The summed E-state index contributed by atoms with van der Waals surface area (Å²) in [7, 11) is 0. The zero-order valence-electron chi connectivity index (χ0n) is 19.2. The third-order valence-corrected chi connectivity index (χ3v) is 6.85. The first-order chi connectivity index (χ1) is 16.2. The molecule has 1 aromatic carbocycles. The molecule has 2 saturated heterocycles. The van der Waals surface area contributed by atoms with E-state index in [1.807, 2.05) is 12.3 Å². The van der Waals surface area contributed by atoms with Gasteiger partial charge in [-0.05, 0) is 69.4 Å². The minimum absolute atomic E-state index is 0.157. The van der Waals surface area contributed by atoms with E-state index < -0.39 is 0 Å². The minimum Gasteiger partial charge on any atom is -0.450 e. The fraction of sp³-hybridized carbons (Fsp3) is 0.583. The van der Waals surface area contributed by atoms with E-state index in [4.69, 9.17) is 10.5 Å². The molecule has 33 heavy (non-hydrogen) atoms. The van der Waals surface area contributed by atoms with Crippen LogP contribution in [0.4, 0.5) is 11.5 Å². The Balaban J connectivity index is 1.20. The van der Waals surface area contributed by atoms with Gasteiger partial charge in [0.2, 0.25) is 0 Å². The SMILES string of the molecule is N[C@H]1CCCN(CCNCc2ccc3c(c2)Nc2nc(=O)n(C4CCCNCC4)cc2O3)C1. The summed E-state index contributed by atoms with van der Waals surface area (Å²) in [5.41, 5.74) is 7.84. The highest BCUT2D eigenvalue weighted by Crippen LogP contribution is 2.40. The molecule has 2 atom stereocenters. The van der Waals surface area contributed by atoms with Crippen molar-refractivity contribution in [3.05, 3.63) is 40.4 Å². The van der Waals surface area contributed by atoms with Gasteiger partial charge in [0.25, 0.3) is 0 Å². The van der Waals surface area contributed by atoms with E-state index >= 15 is 0 Å². The standard InChI is InChI=1S/C24H35N7O2/c25-18-3-2-11-30(15-18)12-10-27-14-17-5-6-21-20(13-17)28-23-22(33-21)16-31(24(32)29-23)19-4-1-8-26-9-7-19/h5-6,13,16,18-19,26-27H,1-4,7-12,14-15,25H2,(H,28,29,32)/t18-,19?/m0/s1. The lowest BCUT2D eigenvalue weighted by atomic mass is 10.1. The Kier molecular flexibility index (Phi) is 6.91. The molecule has 5 rings (SSSR count). The van der Waals surface area contributed by atoms with Crippen LogP contribution in [0.25, 0.3) is 0 Å². The Morgan fingerprint density at radius 3 is 3.03 bits per heavy atom. The lowest BCUT2D eigenvalue weighted by Crippen LogP contribution is -2.45. The molecule has 2 aromatic rings. The van der Waals surface area contributed by atoms with Crippen molar-refractivity contribution < 1.29 is 4.74 Å². The van der Waals surface area contributed by atoms with Crippen molar-refractivity contribution in [2.75, 3.05) is 44.6 Å². The zero-order chi connectivity index (χ0) is 22.6. The van der Waals surface area contributed by atoms with E-state index in [0.29, 0.717) is 17.6 Å². The van der Waals surface area contributed by atoms with Gasteiger partial charge in [-0.1, -0.05) is 6.07 Å². The molecular formula is C24H35N7O2. The van der Waals surface area contributed by atoms with Gasteiger partial charge in [-0.15, -0.1) is 0 Å². The van der Waals surface area contributed by atoms with E-state index in [1.54, 1.807) is 4.57 Å². The van der Waals surface area contributed by atoms with Crippen LogP contribution in [-0.2, 0) is 6.54 Å². The number of aromatic nitrogens is 2. The van der Waals surface area contributed by atoms with Crippen molar-refractivity contribution in [2.24, 2.45) is 5.73 Å². The molecule has 0 amide bonds. The maximum Gasteiger partial charge on any atom is 0.350 e. The average Bonchev–Trinajstić information content (AvgIpc) is 3.10. The minimum atomic E-state index is -0.226. The van der Waals surface area contributed by atoms with Crippen molar-refractivity contribution in [3.8, 4) is 11.5 Å². The Morgan fingerprint density at radius 1 is 1.18 bits per heavy atom. The fourth-order valence-electron chi connectivity index (χ4n) is 5.04. The summed E-state index contributed by atoms with van der Waals surface area (Å²) < 4.78 is 7.87. The van der Waals surface area contributed by atoms with Gasteiger partial charge in [0, 0.05) is 38.3 Å². The maximum atomic E-state index is 12.7. The molecule has 9 nitrogen and oxygen atoms in total. The van der Waals surface area contributed by atoms with Crippen molar-refractivity contribution in [1.82, 2.24) is 25.1 Å². The second-order valence-electron chi connectivity index (χ2n) is 9.42. The number of likely N-dealkylation sites (tertiary alicyclic amines) is 1. The highest BCUT2D eigenvalue weighted by molar-refractivity contribution is 5.72. The highest BCUT2D eigenvalue weighted by Gasteiger charge is 2.23. The van der Waals surface area contributed by atoms with Gasteiger partial charge in [0.1, 0.15) is 0 Å². The van der Waals surface area contributed by atoms with Crippen LogP contribution in [0.2, 0.25) is 0 Å². The largest absolute Gasteiger partial charge is 0.450 e. The normalized spacial score (nSPS) is 23.1. The van der Waals surface area contributed by atoms with E-state index in [1.165, 1.54) is 6.42 Å².